The second-order valence-electron chi connectivity index (χ2n) is 7.39. The van der Waals surface area contributed by atoms with E-state index in [9.17, 15) is 0 Å². The largest absolute Gasteiger partial charge is 0.374 e. The number of fused-ring (bicyclic) bond motifs is 1. The molecule has 1 aromatic rings. The van der Waals surface area contributed by atoms with Crippen LogP contribution in [0, 0.1) is 10.8 Å². The first-order valence-corrected chi connectivity index (χ1v) is 7.40. The van der Waals surface area contributed by atoms with Crippen molar-refractivity contribution in [3.63, 3.8) is 0 Å². The quantitative estimate of drug-likeness (QED) is 0.895. The molecule has 1 aliphatic heterocycles. The van der Waals surface area contributed by atoms with Gasteiger partial charge in [0.2, 0.25) is 0 Å². The first-order chi connectivity index (χ1) is 8.84. The van der Waals surface area contributed by atoms with Gasteiger partial charge in [0, 0.05) is 31.9 Å². The summed E-state index contributed by atoms with van der Waals surface area (Å²) in [4.78, 5) is 2.35. The van der Waals surface area contributed by atoms with Gasteiger partial charge in [-0.25, -0.2) is 0 Å². The minimum absolute atomic E-state index is 0.421. The van der Waals surface area contributed by atoms with Crippen molar-refractivity contribution in [3.8, 4) is 0 Å². The molecule has 0 unspecified atom stereocenters. The van der Waals surface area contributed by atoms with Crippen LogP contribution in [0.3, 0.4) is 0 Å². The zero-order valence-corrected chi connectivity index (χ0v) is 12.9. The molecule has 104 valence electrons. The van der Waals surface area contributed by atoms with E-state index >= 15 is 0 Å². The molecule has 0 bridgehead atoms. The summed E-state index contributed by atoms with van der Waals surface area (Å²) in [5, 5.41) is 3.74. The number of anilines is 1. The molecule has 1 saturated carbocycles. The third kappa shape index (κ3) is 1.88. The van der Waals surface area contributed by atoms with E-state index in [-0.39, 0.29) is 0 Å². The monoisotopic (exact) mass is 258 g/mol. The Bertz CT molecular complexity index is 488. The first kappa shape index (κ1) is 13.0. The van der Waals surface area contributed by atoms with E-state index in [0.29, 0.717) is 16.9 Å². The Morgan fingerprint density at radius 3 is 2.53 bits per heavy atom. The van der Waals surface area contributed by atoms with Gasteiger partial charge < -0.3 is 10.2 Å². The number of likely N-dealkylation sites (N-methyl/N-ethyl adjacent to an activating group) is 1. The van der Waals surface area contributed by atoms with Crippen LogP contribution in [0.5, 0.6) is 0 Å². The van der Waals surface area contributed by atoms with Crippen LogP contribution < -0.4 is 10.2 Å². The van der Waals surface area contributed by atoms with Crippen LogP contribution in [0.25, 0.3) is 0 Å². The van der Waals surface area contributed by atoms with Gasteiger partial charge in [-0.3, -0.25) is 0 Å². The fourth-order valence-electron chi connectivity index (χ4n) is 3.66. The molecule has 2 heteroatoms. The molecule has 3 rings (SSSR count). The Hall–Kier alpha value is -1.02. The SMILES string of the molecule is CN1CCc2cc(CNC3C(C)(C)C3(C)C)ccc21. The third-order valence-electron chi connectivity index (χ3n) is 5.80. The standard InChI is InChI=1S/C17H26N2/c1-16(2)15(17(16,3)4)18-11-12-6-7-14-13(10-12)8-9-19(14)5/h6-7,10,15,18H,8-9,11H2,1-5H3. The molecular weight excluding hydrogens is 232 g/mol. The second kappa shape index (κ2) is 3.99. The summed E-state index contributed by atoms with van der Waals surface area (Å²) in [5.74, 6) is 0. The number of hydrogen-bond acceptors (Lipinski definition) is 2. The van der Waals surface area contributed by atoms with Gasteiger partial charge in [-0.15, -0.1) is 0 Å². The summed E-state index contributed by atoms with van der Waals surface area (Å²) >= 11 is 0. The van der Waals surface area contributed by atoms with Gasteiger partial charge in [-0.05, 0) is 34.4 Å². The number of nitrogens with one attached hydrogen (secondary N) is 1. The van der Waals surface area contributed by atoms with Crippen molar-refractivity contribution >= 4 is 5.69 Å². The van der Waals surface area contributed by atoms with Crippen molar-refractivity contribution in [2.45, 2.75) is 46.7 Å². The van der Waals surface area contributed by atoms with Crippen LogP contribution in [0.4, 0.5) is 5.69 Å². The van der Waals surface area contributed by atoms with Crippen LogP contribution in [-0.4, -0.2) is 19.6 Å². The van der Waals surface area contributed by atoms with E-state index in [1.54, 1.807) is 0 Å². The van der Waals surface area contributed by atoms with Crippen molar-refractivity contribution < 1.29 is 0 Å². The molecule has 0 aromatic heterocycles. The Morgan fingerprint density at radius 1 is 1.21 bits per heavy atom. The molecule has 1 fully saturated rings. The topological polar surface area (TPSA) is 15.3 Å². The molecule has 1 aromatic carbocycles. The summed E-state index contributed by atoms with van der Waals surface area (Å²) in [7, 11) is 2.18. The lowest BCUT2D eigenvalue weighted by atomic mass is 10.0. The van der Waals surface area contributed by atoms with E-state index in [0.717, 1.165) is 13.1 Å². The van der Waals surface area contributed by atoms with Crippen LogP contribution in [0.15, 0.2) is 18.2 Å². The summed E-state index contributed by atoms with van der Waals surface area (Å²) in [5.41, 5.74) is 5.19. The van der Waals surface area contributed by atoms with Gasteiger partial charge in [-0.1, -0.05) is 39.8 Å². The minimum Gasteiger partial charge on any atom is -0.374 e. The summed E-state index contributed by atoms with van der Waals surface area (Å²) in [6, 6.07) is 7.57. The fourth-order valence-corrected chi connectivity index (χ4v) is 3.66. The maximum absolute atomic E-state index is 3.74. The molecule has 0 spiro atoms. The lowest BCUT2D eigenvalue weighted by Crippen LogP contribution is -2.21. The molecule has 2 nitrogen and oxygen atoms in total. The van der Waals surface area contributed by atoms with Crippen LogP contribution in [0.1, 0.15) is 38.8 Å². The molecule has 0 atom stereocenters. The molecule has 1 N–H and O–H groups in total. The first-order valence-electron chi connectivity index (χ1n) is 7.40. The van der Waals surface area contributed by atoms with Crippen molar-refractivity contribution in [3.05, 3.63) is 29.3 Å². The molecule has 2 aliphatic rings. The summed E-state index contributed by atoms with van der Waals surface area (Å²) in [6.07, 6.45) is 1.19. The number of rotatable bonds is 3. The van der Waals surface area contributed by atoms with Crippen molar-refractivity contribution in [2.24, 2.45) is 10.8 Å². The normalized spacial score (nSPS) is 23.5. The molecule has 0 radical (unpaired) electrons. The number of benzene rings is 1. The molecular formula is C17H26N2. The number of nitrogens with zero attached hydrogens (tertiary/aromatic N) is 1. The second-order valence-corrected chi connectivity index (χ2v) is 7.39. The number of hydrogen-bond donors (Lipinski definition) is 1. The van der Waals surface area contributed by atoms with Crippen LogP contribution in [-0.2, 0) is 13.0 Å². The van der Waals surface area contributed by atoms with E-state index in [1.807, 2.05) is 0 Å². The average Bonchev–Trinajstić information content (AvgIpc) is 2.61. The fraction of sp³-hybridized carbons (Fsp3) is 0.647. The zero-order valence-electron chi connectivity index (χ0n) is 12.9. The van der Waals surface area contributed by atoms with Crippen LogP contribution >= 0.6 is 0 Å². The zero-order chi connectivity index (χ0) is 13.8. The highest BCUT2D eigenvalue weighted by molar-refractivity contribution is 5.58. The lowest BCUT2D eigenvalue weighted by Gasteiger charge is -2.13. The Morgan fingerprint density at radius 2 is 1.89 bits per heavy atom. The minimum atomic E-state index is 0.421. The van der Waals surface area contributed by atoms with Gasteiger partial charge in [0.05, 0.1) is 0 Å². The predicted octanol–water partition coefficient (Wildman–Crippen LogP) is 3.20. The van der Waals surface area contributed by atoms with Crippen molar-refractivity contribution in [1.82, 2.24) is 5.32 Å². The molecule has 1 heterocycles. The van der Waals surface area contributed by atoms with E-state index in [1.165, 1.54) is 23.2 Å². The van der Waals surface area contributed by atoms with Gasteiger partial charge in [0.15, 0.2) is 0 Å². The van der Waals surface area contributed by atoms with Gasteiger partial charge in [-0.2, -0.15) is 0 Å². The van der Waals surface area contributed by atoms with E-state index in [4.69, 9.17) is 0 Å². The molecule has 0 saturated heterocycles. The lowest BCUT2D eigenvalue weighted by molar-refractivity contribution is 0.457. The maximum atomic E-state index is 3.74. The van der Waals surface area contributed by atoms with Gasteiger partial charge in [0.1, 0.15) is 0 Å². The molecule has 1 aliphatic carbocycles. The Labute approximate surface area is 117 Å². The van der Waals surface area contributed by atoms with Crippen molar-refractivity contribution in [2.75, 3.05) is 18.5 Å². The van der Waals surface area contributed by atoms with Gasteiger partial charge in [0.25, 0.3) is 0 Å². The average molecular weight is 258 g/mol. The maximum Gasteiger partial charge on any atom is 0.0397 e. The van der Waals surface area contributed by atoms with E-state index < -0.39 is 0 Å². The highest BCUT2D eigenvalue weighted by Gasteiger charge is 2.64. The molecule has 0 amide bonds. The molecule has 19 heavy (non-hydrogen) atoms. The van der Waals surface area contributed by atoms with E-state index in [2.05, 4.69) is 63.2 Å². The highest BCUT2D eigenvalue weighted by atomic mass is 15.1. The smallest absolute Gasteiger partial charge is 0.0397 e. The summed E-state index contributed by atoms with van der Waals surface area (Å²) in [6.45, 7) is 11.6. The third-order valence-corrected chi connectivity index (χ3v) is 5.80. The summed E-state index contributed by atoms with van der Waals surface area (Å²) < 4.78 is 0. The van der Waals surface area contributed by atoms with Crippen molar-refractivity contribution in [1.29, 1.82) is 0 Å². The van der Waals surface area contributed by atoms with Crippen LogP contribution in [0.2, 0.25) is 0 Å². The Kier molecular flexibility index (Phi) is 2.72. The Balaban J connectivity index is 1.66. The highest BCUT2D eigenvalue weighted by Crippen LogP contribution is 2.62. The van der Waals surface area contributed by atoms with Gasteiger partial charge >= 0.3 is 0 Å². The predicted molar refractivity (Wildman–Crippen MR) is 81.6 cm³/mol.